The Morgan fingerprint density at radius 2 is 1.12 bits per heavy atom. The van der Waals surface area contributed by atoms with Gasteiger partial charge in [-0.1, -0.05) is 164 Å². The second-order valence-electron chi connectivity index (χ2n) is 13.8. The van der Waals surface area contributed by atoms with Crippen molar-refractivity contribution in [2.45, 2.75) is 6.17 Å². The highest BCUT2D eigenvalue weighted by atomic mass is 16.3. The molecule has 2 heterocycles. The van der Waals surface area contributed by atoms with Gasteiger partial charge in [-0.3, -0.25) is 0 Å². The number of fused-ring (bicyclic) bond motifs is 3. The number of para-hydroxylation sites is 1. The van der Waals surface area contributed by atoms with Gasteiger partial charge in [0, 0.05) is 34.5 Å². The molecule has 1 unspecified atom stereocenters. The van der Waals surface area contributed by atoms with Crippen molar-refractivity contribution < 1.29 is 4.42 Å². The second-order valence-corrected chi connectivity index (χ2v) is 13.8. The Morgan fingerprint density at radius 1 is 0.554 bits per heavy atom. The smallest absolute Gasteiger partial charge is 0.159 e. The summed E-state index contributed by atoms with van der Waals surface area (Å²) >= 11 is 0. The second kappa shape index (κ2) is 14.8. The summed E-state index contributed by atoms with van der Waals surface area (Å²) in [4.78, 5) is 12.4. The summed E-state index contributed by atoms with van der Waals surface area (Å²) in [6.45, 7) is 0. The molecular weight excluding hydrogens is 687 g/mol. The molecule has 268 valence electrons. The summed E-state index contributed by atoms with van der Waals surface area (Å²) < 4.78 is 6.61. The first-order chi connectivity index (χ1) is 27.5. The summed E-state index contributed by atoms with van der Waals surface area (Å²) in [5.74, 6) is 1.57. The number of nitrogens with one attached hydrogen (secondary N) is 2. The molecule has 7 aromatic carbocycles. The molecule has 0 saturated carbocycles. The quantitative estimate of drug-likeness (QED) is 0.145. The molecule has 1 aliphatic heterocycles. The van der Waals surface area contributed by atoms with E-state index in [0.717, 1.165) is 77.8 Å². The van der Waals surface area contributed by atoms with Gasteiger partial charge < -0.3 is 20.1 Å². The predicted octanol–water partition coefficient (Wildman–Crippen LogP) is 11.7. The first-order valence-electron chi connectivity index (χ1n) is 18.6. The molecule has 0 bridgehead atoms. The van der Waals surface area contributed by atoms with Crippen molar-refractivity contribution in [2.24, 2.45) is 9.98 Å². The van der Waals surface area contributed by atoms with Crippen molar-refractivity contribution in [3.8, 4) is 22.3 Å². The minimum atomic E-state index is -0.280. The summed E-state index contributed by atoms with van der Waals surface area (Å²) in [7, 11) is 2.05. The minimum Gasteiger partial charge on any atom is -0.455 e. The van der Waals surface area contributed by atoms with E-state index in [1.54, 1.807) is 12.2 Å². The van der Waals surface area contributed by atoms with Crippen molar-refractivity contribution >= 4 is 45.0 Å². The first-order valence-corrected chi connectivity index (χ1v) is 18.6. The largest absolute Gasteiger partial charge is 0.455 e. The molecule has 1 aliphatic rings. The number of hydrogen-bond acceptors (Lipinski definition) is 6. The molecule has 9 rings (SSSR count). The maximum Gasteiger partial charge on any atom is 0.159 e. The first kappa shape index (κ1) is 34.3. The topological polar surface area (TPSA) is 88.8 Å². The normalized spacial score (nSPS) is 14.2. The van der Waals surface area contributed by atoms with E-state index in [4.69, 9.17) is 25.2 Å². The Hall–Kier alpha value is -7.44. The Balaban J connectivity index is 1.08. The molecule has 0 radical (unpaired) electrons. The maximum atomic E-state index is 8.76. The number of nitrogens with zero attached hydrogens (tertiary/aromatic N) is 3. The fourth-order valence-electron chi connectivity index (χ4n) is 7.35. The Kier molecular flexibility index (Phi) is 9.05. The van der Waals surface area contributed by atoms with Gasteiger partial charge in [-0.25, -0.2) is 9.98 Å². The van der Waals surface area contributed by atoms with Crippen LogP contribution in [0.2, 0.25) is 0 Å². The molecule has 6 nitrogen and oxygen atoms in total. The van der Waals surface area contributed by atoms with Crippen LogP contribution in [0.15, 0.2) is 202 Å². The lowest BCUT2D eigenvalue weighted by molar-refractivity contribution is 0.383. The number of allylic oxidation sites excluding steroid dienone is 2. The third-order valence-corrected chi connectivity index (χ3v) is 10.3. The molecule has 1 atom stereocenters. The summed E-state index contributed by atoms with van der Waals surface area (Å²) in [6, 6.07) is 59.1. The van der Waals surface area contributed by atoms with Gasteiger partial charge >= 0.3 is 0 Å². The van der Waals surface area contributed by atoms with Crippen LogP contribution in [0.1, 0.15) is 34.0 Å². The average Bonchev–Trinajstić information content (AvgIpc) is 3.65. The highest BCUT2D eigenvalue weighted by molar-refractivity contribution is 6.15. The molecule has 0 spiro atoms. The van der Waals surface area contributed by atoms with Gasteiger partial charge in [-0.05, 0) is 57.7 Å². The lowest BCUT2D eigenvalue weighted by atomic mass is 9.91. The number of aliphatic imine (C=N–C) groups is 2. The van der Waals surface area contributed by atoms with Crippen molar-refractivity contribution in [2.75, 3.05) is 7.05 Å². The van der Waals surface area contributed by atoms with Crippen molar-refractivity contribution in [1.82, 2.24) is 4.90 Å². The highest BCUT2D eigenvalue weighted by Gasteiger charge is 2.27. The van der Waals surface area contributed by atoms with Gasteiger partial charge in [0.15, 0.2) is 5.84 Å². The number of hydrogen-bond donors (Lipinski definition) is 2. The molecule has 56 heavy (non-hydrogen) atoms. The highest BCUT2D eigenvalue weighted by Crippen LogP contribution is 2.42. The zero-order valence-corrected chi connectivity index (χ0v) is 30.7. The number of benzene rings is 7. The summed E-state index contributed by atoms with van der Waals surface area (Å²) in [6.07, 6.45) is 3.08. The van der Waals surface area contributed by atoms with Crippen molar-refractivity contribution in [3.63, 3.8) is 0 Å². The maximum absolute atomic E-state index is 8.76. The molecule has 0 amide bonds. The standard InChI is InChI=1S/C50H37N5O/c1-55-49(38-17-9-4-10-18-38)53-48(37-15-7-3-8-16-37)54-50(55)39-27-21-33(22-28-39)40-29-30-42-41-19-11-12-20-45(41)56-47(42)46(40)36-25-23-35(24-26-36)44(52)32-31-43(51)34-13-5-2-6-14-34/h2-32,50-52H,1H3/b32-31-,51-43?,52-44?. The van der Waals surface area contributed by atoms with Crippen LogP contribution in [-0.4, -0.2) is 35.0 Å². The molecule has 0 saturated heterocycles. The fourth-order valence-corrected chi connectivity index (χ4v) is 7.35. The van der Waals surface area contributed by atoms with Crippen LogP contribution < -0.4 is 0 Å². The van der Waals surface area contributed by atoms with Crippen LogP contribution in [-0.2, 0) is 0 Å². The van der Waals surface area contributed by atoms with Gasteiger partial charge in [-0.15, -0.1) is 0 Å². The molecule has 0 aliphatic carbocycles. The van der Waals surface area contributed by atoms with Crippen LogP contribution in [0.4, 0.5) is 0 Å². The van der Waals surface area contributed by atoms with E-state index in [-0.39, 0.29) is 6.17 Å². The monoisotopic (exact) mass is 723 g/mol. The Labute approximate surface area is 325 Å². The Bertz CT molecular complexity index is 2820. The van der Waals surface area contributed by atoms with E-state index in [2.05, 4.69) is 90.8 Å². The van der Waals surface area contributed by atoms with E-state index in [1.807, 2.05) is 97.1 Å². The van der Waals surface area contributed by atoms with Gasteiger partial charge in [0.1, 0.15) is 23.2 Å². The van der Waals surface area contributed by atoms with Gasteiger partial charge in [-0.2, -0.15) is 0 Å². The van der Waals surface area contributed by atoms with E-state index in [9.17, 15) is 0 Å². The molecule has 1 aromatic heterocycles. The summed E-state index contributed by atoms with van der Waals surface area (Å²) in [5, 5.41) is 19.3. The lowest BCUT2D eigenvalue weighted by Gasteiger charge is -2.32. The van der Waals surface area contributed by atoms with Crippen LogP contribution in [0, 0.1) is 10.8 Å². The van der Waals surface area contributed by atoms with Crippen LogP contribution >= 0.6 is 0 Å². The third kappa shape index (κ3) is 6.54. The average molecular weight is 724 g/mol. The van der Waals surface area contributed by atoms with Crippen LogP contribution in [0.25, 0.3) is 44.2 Å². The van der Waals surface area contributed by atoms with E-state index < -0.39 is 0 Å². The van der Waals surface area contributed by atoms with E-state index >= 15 is 0 Å². The lowest BCUT2D eigenvalue weighted by Crippen LogP contribution is -2.35. The van der Waals surface area contributed by atoms with Crippen LogP contribution in [0.5, 0.6) is 0 Å². The Morgan fingerprint density at radius 3 is 1.80 bits per heavy atom. The summed E-state index contributed by atoms with van der Waals surface area (Å²) in [5.41, 5.74) is 11.1. The van der Waals surface area contributed by atoms with Crippen LogP contribution in [0.3, 0.4) is 0 Å². The molecule has 6 heteroatoms. The van der Waals surface area contributed by atoms with E-state index in [1.165, 1.54) is 0 Å². The fraction of sp³-hybridized carbons (Fsp3) is 0.0400. The van der Waals surface area contributed by atoms with Gasteiger partial charge in [0.05, 0.1) is 11.4 Å². The SMILES string of the molecule is CN1C(c2ccccc2)=NC(c2ccccc2)=NC1c1ccc(-c2ccc3c(oc4ccccc43)c2-c2ccc(C(=N)/C=C\C(=N)c3ccccc3)cc2)cc1. The number of furan rings is 1. The predicted molar refractivity (Wildman–Crippen MR) is 230 cm³/mol. The van der Waals surface area contributed by atoms with E-state index in [0.29, 0.717) is 17.3 Å². The number of rotatable bonds is 9. The van der Waals surface area contributed by atoms with Gasteiger partial charge in [0.25, 0.3) is 0 Å². The zero-order valence-electron chi connectivity index (χ0n) is 30.7. The molecule has 2 N–H and O–H groups in total. The zero-order chi connectivity index (χ0) is 38.0. The van der Waals surface area contributed by atoms with Gasteiger partial charge in [0.2, 0.25) is 0 Å². The third-order valence-electron chi connectivity index (χ3n) is 10.3. The van der Waals surface area contributed by atoms with Crippen molar-refractivity contribution in [1.29, 1.82) is 10.8 Å². The van der Waals surface area contributed by atoms with Crippen molar-refractivity contribution in [3.05, 3.63) is 216 Å². The molecular formula is C50H37N5O. The molecule has 0 fully saturated rings. The number of amidine groups is 2. The minimum absolute atomic E-state index is 0.280. The molecule has 8 aromatic rings.